The SMILES string of the molecule is COc1cncc2nc(-c3ccncc3)nc(N3CCN[C@H](Cc4ccccc4F)C3)c12. The maximum Gasteiger partial charge on any atom is 0.162 e. The van der Waals surface area contributed by atoms with Crippen LogP contribution < -0.4 is 15.0 Å². The highest BCUT2D eigenvalue weighted by atomic mass is 19.1. The molecule has 1 saturated heterocycles. The van der Waals surface area contributed by atoms with E-state index in [9.17, 15) is 4.39 Å². The Balaban J connectivity index is 1.55. The number of pyridine rings is 2. The van der Waals surface area contributed by atoms with Crippen LogP contribution in [0.1, 0.15) is 5.56 Å². The number of halogens is 1. The molecule has 32 heavy (non-hydrogen) atoms. The van der Waals surface area contributed by atoms with E-state index in [1.165, 1.54) is 6.07 Å². The smallest absolute Gasteiger partial charge is 0.162 e. The molecule has 7 nitrogen and oxygen atoms in total. The Hall–Kier alpha value is -3.65. The molecular formula is C24H23FN6O. The molecule has 8 heteroatoms. The largest absolute Gasteiger partial charge is 0.494 e. The fourth-order valence-electron chi connectivity index (χ4n) is 4.13. The van der Waals surface area contributed by atoms with Crippen molar-refractivity contribution >= 4 is 16.7 Å². The van der Waals surface area contributed by atoms with E-state index in [1.54, 1.807) is 38.0 Å². The van der Waals surface area contributed by atoms with Crippen LogP contribution in [0.3, 0.4) is 0 Å². The predicted octanol–water partition coefficient (Wildman–Crippen LogP) is 3.26. The summed E-state index contributed by atoms with van der Waals surface area (Å²) in [7, 11) is 1.62. The van der Waals surface area contributed by atoms with E-state index < -0.39 is 0 Å². The lowest BCUT2D eigenvalue weighted by Gasteiger charge is -2.35. The maximum atomic E-state index is 14.2. The number of nitrogens with one attached hydrogen (secondary N) is 1. The molecule has 0 aliphatic carbocycles. The number of nitrogens with zero attached hydrogens (tertiary/aromatic N) is 5. The third-order valence-corrected chi connectivity index (χ3v) is 5.69. The van der Waals surface area contributed by atoms with Crippen molar-refractivity contribution in [3.8, 4) is 17.1 Å². The van der Waals surface area contributed by atoms with Crippen molar-refractivity contribution in [2.75, 3.05) is 31.6 Å². The molecule has 3 aromatic heterocycles. The molecule has 1 N–H and O–H groups in total. The van der Waals surface area contributed by atoms with E-state index >= 15 is 0 Å². The van der Waals surface area contributed by atoms with Gasteiger partial charge < -0.3 is 15.0 Å². The summed E-state index contributed by atoms with van der Waals surface area (Å²) in [5.41, 5.74) is 2.30. The minimum absolute atomic E-state index is 0.0860. The van der Waals surface area contributed by atoms with E-state index in [-0.39, 0.29) is 11.9 Å². The molecule has 1 aromatic carbocycles. The van der Waals surface area contributed by atoms with Gasteiger partial charge in [0, 0.05) is 43.6 Å². The van der Waals surface area contributed by atoms with Gasteiger partial charge in [-0.25, -0.2) is 14.4 Å². The van der Waals surface area contributed by atoms with Crippen molar-refractivity contribution in [3.63, 3.8) is 0 Å². The predicted molar refractivity (Wildman–Crippen MR) is 121 cm³/mol. The van der Waals surface area contributed by atoms with E-state index in [4.69, 9.17) is 14.7 Å². The Bertz CT molecular complexity index is 1240. The number of hydrogen-bond acceptors (Lipinski definition) is 7. The number of ether oxygens (including phenoxy) is 1. The normalized spacial score (nSPS) is 16.3. The van der Waals surface area contributed by atoms with Gasteiger partial charge in [0.05, 0.1) is 30.4 Å². The first kappa shape index (κ1) is 20.3. The molecule has 162 valence electrons. The number of benzene rings is 1. The first-order chi connectivity index (χ1) is 15.7. The zero-order valence-corrected chi connectivity index (χ0v) is 17.7. The molecule has 0 spiro atoms. The quantitative estimate of drug-likeness (QED) is 0.521. The highest BCUT2D eigenvalue weighted by Gasteiger charge is 2.25. The lowest BCUT2D eigenvalue weighted by atomic mass is 10.0. The Labute approximate surface area is 185 Å². The number of anilines is 1. The third kappa shape index (κ3) is 3.97. The molecule has 0 radical (unpaired) electrons. The summed E-state index contributed by atoms with van der Waals surface area (Å²) in [6.07, 6.45) is 7.46. The second-order valence-electron chi connectivity index (χ2n) is 7.74. The van der Waals surface area contributed by atoms with E-state index in [1.807, 2.05) is 24.3 Å². The van der Waals surface area contributed by atoms with Crippen molar-refractivity contribution in [1.82, 2.24) is 25.3 Å². The molecule has 0 saturated carbocycles. The molecular weight excluding hydrogens is 407 g/mol. The zero-order chi connectivity index (χ0) is 21.9. The minimum Gasteiger partial charge on any atom is -0.494 e. The summed E-state index contributed by atoms with van der Waals surface area (Å²) in [5, 5.41) is 4.34. The Kier molecular flexibility index (Phi) is 5.60. The van der Waals surface area contributed by atoms with Crippen LogP contribution >= 0.6 is 0 Å². The number of fused-ring (bicyclic) bond motifs is 1. The van der Waals surface area contributed by atoms with Crippen molar-refractivity contribution < 1.29 is 9.13 Å². The van der Waals surface area contributed by atoms with Crippen molar-refractivity contribution in [2.45, 2.75) is 12.5 Å². The Morgan fingerprint density at radius 3 is 2.75 bits per heavy atom. The van der Waals surface area contributed by atoms with E-state index in [2.05, 4.69) is 20.2 Å². The van der Waals surface area contributed by atoms with Crippen LogP contribution in [0.25, 0.3) is 22.3 Å². The van der Waals surface area contributed by atoms with Crippen LogP contribution in [-0.2, 0) is 6.42 Å². The van der Waals surface area contributed by atoms with Gasteiger partial charge in [0.25, 0.3) is 0 Å². The van der Waals surface area contributed by atoms with Crippen LogP contribution in [0.4, 0.5) is 10.2 Å². The summed E-state index contributed by atoms with van der Waals surface area (Å²) >= 11 is 0. The Morgan fingerprint density at radius 2 is 1.94 bits per heavy atom. The topological polar surface area (TPSA) is 76.1 Å². The lowest BCUT2D eigenvalue weighted by Crippen LogP contribution is -2.52. The zero-order valence-electron chi connectivity index (χ0n) is 17.7. The average Bonchev–Trinajstić information content (AvgIpc) is 2.85. The first-order valence-electron chi connectivity index (χ1n) is 10.5. The summed E-state index contributed by atoms with van der Waals surface area (Å²) < 4.78 is 19.8. The Morgan fingerprint density at radius 1 is 1.09 bits per heavy atom. The standard InChI is InChI=1S/C24H23FN6O/c1-32-21-14-27-13-20-22(21)24(30-23(29-20)16-6-8-26-9-7-16)31-11-10-28-18(15-31)12-17-4-2-3-5-19(17)25/h2-9,13-14,18,28H,10-12,15H2,1H3/t18-/m1/s1. The molecule has 4 heterocycles. The van der Waals surface area contributed by atoms with Gasteiger partial charge in [0.15, 0.2) is 5.82 Å². The van der Waals surface area contributed by atoms with Crippen LogP contribution in [0.15, 0.2) is 61.2 Å². The molecule has 0 unspecified atom stereocenters. The van der Waals surface area contributed by atoms with Crippen molar-refractivity contribution in [3.05, 3.63) is 72.6 Å². The highest BCUT2D eigenvalue weighted by molar-refractivity contribution is 5.95. The molecule has 0 amide bonds. The fraction of sp³-hybridized carbons (Fsp3) is 0.250. The van der Waals surface area contributed by atoms with E-state index in [0.29, 0.717) is 35.6 Å². The summed E-state index contributed by atoms with van der Waals surface area (Å²) in [4.78, 5) is 20.3. The molecule has 4 aromatic rings. The number of aromatic nitrogens is 4. The van der Waals surface area contributed by atoms with Crippen LogP contribution in [0.2, 0.25) is 0 Å². The van der Waals surface area contributed by atoms with Crippen LogP contribution in [0, 0.1) is 5.82 Å². The summed E-state index contributed by atoms with van der Waals surface area (Å²) in [5.74, 6) is 1.85. The lowest BCUT2D eigenvalue weighted by molar-refractivity contribution is 0.417. The van der Waals surface area contributed by atoms with Gasteiger partial charge in [-0.2, -0.15) is 0 Å². The van der Waals surface area contributed by atoms with Gasteiger partial charge in [-0.3, -0.25) is 9.97 Å². The van der Waals surface area contributed by atoms with Gasteiger partial charge >= 0.3 is 0 Å². The third-order valence-electron chi connectivity index (χ3n) is 5.69. The van der Waals surface area contributed by atoms with Gasteiger partial charge in [0.1, 0.15) is 17.4 Å². The second-order valence-corrected chi connectivity index (χ2v) is 7.74. The van der Waals surface area contributed by atoms with E-state index in [0.717, 1.165) is 29.9 Å². The first-order valence-corrected chi connectivity index (χ1v) is 10.5. The van der Waals surface area contributed by atoms with Crippen molar-refractivity contribution in [2.24, 2.45) is 0 Å². The van der Waals surface area contributed by atoms with Gasteiger partial charge in [0.2, 0.25) is 0 Å². The maximum absolute atomic E-state index is 14.2. The average molecular weight is 430 g/mol. The minimum atomic E-state index is -0.174. The summed E-state index contributed by atoms with van der Waals surface area (Å²) in [6.45, 7) is 2.21. The van der Waals surface area contributed by atoms with Gasteiger partial charge in [-0.05, 0) is 30.2 Å². The highest BCUT2D eigenvalue weighted by Crippen LogP contribution is 2.34. The molecule has 0 bridgehead atoms. The molecule has 1 aliphatic rings. The number of piperazine rings is 1. The molecule has 5 rings (SSSR count). The number of hydrogen-bond donors (Lipinski definition) is 1. The van der Waals surface area contributed by atoms with Crippen LogP contribution in [0.5, 0.6) is 5.75 Å². The van der Waals surface area contributed by atoms with Crippen molar-refractivity contribution in [1.29, 1.82) is 0 Å². The number of methoxy groups -OCH3 is 1. The molecule has 1 atom stereocenters. The monoisotopic (exact) mass is 430 g/mol. The van der Waals surface area contributed by atoms with Gasteiger partial charge in [-0.1, -0.05) is 18.2 Å². The second kappa shape index (κ2) is 8.84. The fourth-order valence-corrected chi connectivity index (χ4v) is 4.13. The number of rotatable bonds is 5. The van der Waals surface area contributed by atoms with Crippen LogP contribution in [-0.4, -0.2) is 52.7 Å². The summed E-state index contributed by atoms with van der Waals surface area (Å²) in [6, 6.07) is 10.8. The van der Waals surface area contributed by atoms with Gasteiger partial charge in [-0.15, -0.1) is 0 Å². The molecule has 1 aliphatic heterocycles. The molecule has 1 fully saturated rings.